The molecule has 42 heavy (non-hydrogen) atoms. The normalized spacial score (nSPS) is 15.0. The molecule has 0 saturated carbocycles. The number of nitrogens with zero attached hydrogens (tertiary/aromatic N) is 3. The molecule has 0 saturated heterocycles. The van der Waals surface area contributed by atoms with Gasteiger partial charge in [0.2, 0.25) is 5.91 Å². The number of hydrogen-bond acceptors (Lipinski definition) is 5. The van der Waals surface area contributed by atoms with Crippen LogP contribution in [-0.2, 0) is 22.7 Å². The number of anilines is 1. The van der Waals surface area contributed by atoms with E-state index in [2.05, 4.69) is 10.3 Å². The number of hydrogen-bond donors (Lipinski definition) is 2. The van der Waals surface area contributed by atoms with Gasteiger partial charge in [-0.05, 0) is 48.4 Å². The average Bonchev–Trinajstić information content (AvgIpc) is 3.11. The molecule has 8 nitrogen and oxygen atoms in total. The summed E-state index contributed by atoms with van der Waals surface area (Å²) in [6, 6.07) is 20.2. The zero-order valence-electron chi connectivity index (χ0n) is 22.0. The predicted octanol–water partition coefficient (Wildman–Crippen LogP) is 5.56. The first kappa shape index (κ1) is 30.9. The van der Waals surface area contributed by atoms with Crippen molar-refractivity contribution < 1.29 is 32.7 Å². The molecular weight excluding hydrogens is 596 g/mol. The van der Waals surface area contributed by atoms with E-state index >= 15 is 0 Å². The van der Waals surface area contributed by atoms with Gasteiger partial charge in [-0.2, -0.15) is 13.2 Å². The Balaban J connectivity index is 0.000000517. The van der Waals surface area contributed by atoms with Crippen LogP contribution in [0.3, 0.4) is 0 Å². The molecule has 0 atom stereocenters. The number of rotatable bonds is 4. The maximum absolute atomic E-state index is 13.4. The fraction of sp³-hybridized carbons (Fsp3) is 0.241. The Bertz CT molecular complexity index is 1500. The van der Waals surface area contributed by atoms with Crippen LogP contribution in [0.5, 0.6) is 0 Å². The van der Waals surface area contributed by atoms with E-state index in [0.29, 0.717) is 22.2 Å². The molecule has 2 amide bonds. The second kappa shape index (κ2) is 13.3. The molecule has 2 N–H and O–H groups in total. The molecule has 0 radical (unpaired) electrons. The lowest BCUT2D eigenvalue weighted by atomic mass is 10.1. The van der Waals surface area contributed by atoms with Crippen molar-refractivity contribution in [2.24, 2.45) is 4.99 Å². The van der Waals surface area contributed by atoms with Crippen molar-refractivity contribution in [3.05, 3.63) is 99.0 Å². The van der Waals surface area contributed by atoms with Gasteiger partial charge in [0.25, 0.3) is 5.91 Å². The van der Waals surface area contributed by atoms with E-state index in [-0.39, 0.29) is 24.9 Å². The number of carboxylic acids is 1. The first-order chi connectivity index (χ1) is 19.9. The molecular formula is C29H25Cl2F3N4O4. The van der Waals surface area contributed by atoms with Crippen molar-refractivity contribution in [2.45, 2.75) is 25.7 Å². The van der Waals surface area contributed by atoms with Gasteiger partial charge in [0.05, 0.1) is 18.8 Å². The molecule has 0 unspecified atom stereocenters. The van der Waals surface area contributed by atoms with Gasteiger partial charge in [0.1, 0.15) is 12.4 Å². The van der Waals surface area contributed by atoms with Crippen molar-refractivity contribution in [1.82, 2.24) is 10.2 Å². The first-order valence-electron chi connectivity index (χ1n) is 12.7. The number of nitrogens with one attached hydrogen (secondary N) is 1. The molecule has 5 rings (SSSR count). The number of halogens is 5. The second-order valence-electron chi connectivity index (χ2n) is 9.40. The fourth-order valence-corrected chi connectivity index (χ4v) is 4.71. The van der Waals surface area contributed by atoms with Crippen LogP contribution in [-0.4, -0.2) is 59.4 Å². The molecule has 13 heteroatoms. The Hall–Kier alpha value is -4.09. The Morgan fingerprint density at radius 2 is 1.64 bits per heavy atom. The smallest absolute Gasteiger partial charge is 0.475 e. The van der Waals surface area contributed by atoms with Crippen LogP contribution in [0.2, 0.25) is 10.0 Å². The molecule has 2 heterocycles. The van der Waals surface area contributed by atoms with Crippen LogP contribution in [0.4, 0.5) is 18.9 Å². The number of amides is 2. The lowest BCUT2D eigenvalue weighted by molar-refractivity contribution is -0.192. The zero-order chi connectivity index (χ0) is 30.4. The number of aliphatic carboxylic acids is 1. The summed E-state index contributed by atoms with van der Waals surface area (Å²) in [4.78, 5) is 43.4. The van der Waals surface area contributed by atoms with Crippen molar-refractivity contribution in [2.75, 3.05) is 24.5 Å². The first-order valence-corrected chi connectivity index (χ1v) is 13.5. The monoisotopic (exact) mass is 620 g/mol. The van der Waals surface area contributed by atoms with E-state index in [4.69, 9.17) is 33.1 Å². The van der Waals surface area contributed by atoms with E-state index in [1.165, 1.54) is 4.90 Å². The van der Waals surface area contributed by atoms with Gasteiger partial charge in [-0.15, -0.1) is 0 Å². The van der Waals surface area contributed by atoms with E-state index < -0.39 is 12.1 Å². The zero-order valence-corrected chi connectivity index (χ0v) is 23.5. The number of aliphatic imine (C=N–C) groups is 1. The third-order valence-electron chi connectivity index (χ3n) is 6.45. The molecule has 2 aliphatic rings. The van der Waals surface area contributed by atoms with Crippen molar-refractivity contribution >= 4 is 52.5 Å². The largest absolute Gasteiger partial charge is 0.490 e. The minimum Gasteiger partial charge on any atom is -0.475 e. The van der Waals surface area contributed by atoms with Crippen LogP contribution in [0, 0.1) is 0 Å². The SMILES string of the molecule is O=C(O)C(F)(F)F.O=C(c1ccc(Cl)cc1)N1CC(=O)N(Cc2ccc(C3=NCCCN3)cc2)c2cccc(Cl)c2C1. The van der Waals surface area contributed by atoms with E-state index in [9.17, 15) is 22.8 Å². The Kier molecular flexibility index (Phi) is 9.74. The molecule has 0 spiro atoms. The summed E-state index contributed by atoms with van der Waals surface area (Å²) in [5.74, 6) is -2.27. The van der Waals surface area contributed by atoms with E-state index in [0.717, 1.165) is 47.7 Å². The number of amidine groups is 1. The summed E-state index contributed by atoms with van der Waals surface area (Å²) >= 11 is 12.5. The van der Waals surface area contributed by atoms with E-state index in [1.807, 2.05) is 36.4 Å². The quantitative estimate of drug-likeness (QED) is 0.398. The Morgan fingerprint density at radius 3 is 2.24 bits per heavy atom. The van der Waals surface area contributed by atoms with Crippen LogP contribution < -0.4 is 10.2 Å². The van der Waals surface area contributed by atoms with Gasteiger partial charge in [0.15, 0.2) is 0 Å². The molecule has 0 aromatic heterocycles. The standard InChI is InChI=1S/C27H24Cl2N4O2.C2HF3O2/c28-21-11-9-20(10-12-21)27(35)32-16-22-23(29)3-1-4-24(22)33(25(34)17-32)15-18-5-7-19(8-6-18)26-30-13-2-14-31-26;3-2(4,5)1(6)7/h1,3-12H,2,13-17H2,(H,30,31);(H,6,7). The van der Waals surface area contributed by atoms with Gasteiger partial charge in [-0.25, -0.2) is 4.79 Å². The maximum atomic E-state index is 13.4. The second-order valence-corrected chi connectivity index (χ2v) is 10.2. The summed E-state index contributed by atoms with van der Waals surface area (Å²) in [5.41, 5.74) is 3.94. The maximum Gasteiger partial charge on any atom is 0.490 e. The molecule has 0 bridgehead atoms. The highest BCUT2D eigenvalue weighted by atomic mass is 35.5. The molecule has 3 aromatic rings. The highest BCUT2D eigenvalue weighted by Gasteiger charge is 2.38. The average molecular weight is 621 g/mol. The summed E-state index contributed by atoms with van der Waals surface area (Å²) in [5, 5.41) is 11.5. The van der Waals surface area contributed by atoms with Crippen molar-refractivity contribution in [3.8, 4) is 0 Å². The number of carbonyl (C=O) groups is 3. The van der Waals surface area contributed by atoms with E-state index in [1.54, 1.807) is 35.2 Å². The number of fused-ring (bicyclic) bond motifs is 1. The number of benzene rings is 3. The van der Waals surface area contributed by atoms with Gasteiger partial charge in [0, 0.05) is 39.8 Å². The lowest BCUT2D eigenvalue weighted by Crippen LogP contribution is -2.39. The third-order valence-corrected chi connectivity index (χ3v) is 7.05. The lowest BCUT2D eigenvalue weighted by Gasteiger charge is -2.23. The summed E-state index contributed by atoms with van der Waals surface area (Å²) in [7, 11) is 0. The fourth-order valence-electron chi connectivity index (χ4n) is 4.35. The van der Waals surface area contributed by atoms with Crippen molar-refractivity contribution in [3.63, 3.8) is 0 Å². The predicted molar refractivity (Wildman–Crippen MR) is 153 cm³/mol. The highest BCUT2D eigenvalue weighted by molar-refractivity contribution is 6.32. The van der Waals surface area contributed by atoms with Gasteiger partial charge < -0.3 is 20.2 Å². The van der Waals surface area contributed by atoms with Crippen LogP contribution >= 0.6 is 23.2 Å². The summed E-state index contributed by atoms with van der Waals surface area (Å²) in [6.07, 6.45) is -4.04. The number of carboxylic acid groups (broad SMARTS) is 1. The topological polar surface area (TPSA) is 102 Å². The van der Waals surface area contributed by atoms with Gasteiger partial charge in [-0.1, -0.05) is 53.5 Å². The van der Waals surface area contributed by atoms with Crippen molar-refractivity contribution in [1.29, 1.82) is 0 Å². The Morgan fingerprint density at radius 1 is 0.976 bits per heavy atom. The molecule has 220 valence electrons. The highest BCUT2D eigenvalue weighted by Crippen LogP contribution is 2.33. The summed E-state index contributed by atoms with van der Waals surface area (Å²) < 4.78 is 31.7. The van der Waals surface area contributed by atoms with Crippen LogP contribution in [0.25, 0.3) is 0 Å². The van der Waals surface area contributed by atoms with Gasteiger partial charge in [-0.3, -0.25) is 14.6 Å². The van der Waals surface area contributed by atoms with Crippen LogP contribution in [0.15, 0.2) is 71.7 Å². The Labute approximate surface area is 249 Å². The van der Waals surface area contributed by atoms with Crippen LogP contribution in [0.1, 0.15) is 33.5 Å². The molecule has 2 aliphatic heterocycles. The molecule has 0 aliphatic carbocycles. The molecule has 3 aromatic carbocycles. The molecule has 0 fully saturated rings. The number of alkyl halides is 3. The third kappa shape index (κ3) is 7.59. The van der Waals surface area contributed by atoms with Gasteiger partial charge >= 0.3 is 12.1 Å². The minimum absolute atomic E-state index is 0.0503. The summed E-state index contributed by atoms with van der Waals surface area (Å²) in [6.45, 7) is 2.31. The minimum atomic E-state index is -5.08. The number of carbonyl (C=O) groups excluding carboxylic acids is 2.